The lowest BCUT2D eigenvalue weighted by molar-refractivity contribution is -0.139. The maximum atomic E-state index is 14.5. The zero-order chi connectivity index (χ0) is 21.0. The molecule has 0 bridgehead atoms. The van der Waals surface area contributed by atoms with Crippen molar-refractivity contribution in [2.75, 3.05) is 20.3 Å². The molecule has 0 saturated heterocycles. The average molecular weight is 419 g/mol. The minimum absolute atomic E-state index is 0.103. The first-order valence-electron chi connectivity index (χ1n) is 9.00. The van der Waals surface area contributed by atoms with Gasteiger partial charge in [0, 0.05) is 12.6 Å². The van der Waals surface area contributed by atoms with Crippen LogP contribution in [0.1, 0.15) is 18.5 Å². The minimum Gasteiger partial charge on any atom is -0.486 e. The highest BCUT2D eigenvalue weighted by molar-refractivity contribution is 6.32. The monoisotopic (exact) mass is 418 g/mol. The minimum atomic E-state index is -1.01. The molecule has 3 rings (SSSR count). The second-order valence-electron chi connectivity index (χ2n) is 6.26. The van der Waals surface area contributed by atoms with Crippen LogP contribution in [0.25, 0.3) is 0 Å². The molecule has 0 aliphatic carbocycles. The molecule has 0 saturated carbocycles. The van der Waals surface area contributed by atoms with E-state index in [1.54, 1.807) is 37.3 Å². The van der Waals surface area contributed by atoms with E-state index in [0.29, 0.717) is 10.8 Å². The number of halogens is 2. The van der Waals surface area contributed by atoms with Gasteiger partial charge in [-0.3, -0.25) is 4.90 Å². The molecule has 1 N–H and O–H groups in total. The van der Waals surface area contributed by atoms with Crippen LogP contribution in [-0.2, 0) is 9.53 Å². The molecule has 152 valence electrons. The summed E-state index contributed by atoms with van der Waals surface area (Å²) in [4.78, 5) is 26.6. The Balaban J connectivity index is 2.07. The van der Waals surface area contributed by atoms with Crippen LogP contribution in [0.15, 0.2) is 59.8 Å². The maximum absolute atomic E-state index is 14.5. The number of benzene rings is 2. The standard InChI is InChI=1S/C21H20ClFN2O4/c1-3-28-20(26)18-16(12-29-17-11-7-5-9-14(17)22)25(2)21(27)24-19(18)13-8-4-6-10-15(13)23/h4-11,19H,3,12H2,1-2H3,(H,24,27). The summed E-state index contributed by atoms with van der Waals surface area (Å²) in [5.41, 5.74) is 0.527. The van der Waals surface area contributed by atoms with Crippen molar-refractivity contribution in [1.82, 2.24) is 10.2 Å². The third kappa shape index (κ3) is 4.35. The van der Waals surface area contributed by atoms with Crippen LogP contribution < -0.4 is 10.1 Å². The maximum Gasteiger partial charge on any atom is 0.338 e. The molecule has 0 aromatic heterocycles. The van der Waals surface area contributed by atoms with Gasteiger partial charge < -0.3 is 14.8 Å². The van der Waals surface area contributed by atoms with Gasteiger partial charge in [-0.15, -0.1) is 0 Å². The van der Waals surface area contributed by atoms with Crippen LogP contribution in [-0.4, -0.2) is 37.2 Å². The average Bonchev–Trinajstić information content (AvgIpc) is 2.70. The van der Waals surface area contributed by atoms with Gasteiger partial charge in [-0.25, -0.2) is 14.0 Å². The number of nitrogens with one attached hydrogen (secondary N) is 1. The van der Waals surface area contributed by atoms with Crippen LogP contribution in [0, 0.1) is 5.82 Å². The Hall–Kier alpha value is -3.06. The Kier molecular flexibility index (Phi) is 6.39. The number of ether oxygens (including phenoxy) is 2. The number of urea groups is 1. The quantitative estimate of drug-likeness (QED) is 0.718. The van der Waals surface area contributed by atoms with Gasteiger partial charge in [0.25, 0.3) is 0 Å². The largest absolute Gasteiger partial charge is 0.486 e. The fourth-order valence-corrected chi connectivity index (χ4v) is 3.22. The first-order valence-corrected chi connectivity index (χ1v) is 9.38. The summed E-state index contributed by atoms with van der Waals surface area (Å²) < 4.78 is 25.4. The van der Waals surface area contributed by atoms with E-state index in [-0.39, 0.29) is 30.0 Å². The lowest BCUT2D eigenvalue weighted by Crippen LogP contribution is -2.48. The van der Waals surface area contributed by atoms with Gasteiger partial charge in [0.15, 0.2) is 0 Å². The van der Waals surface area contributed by atoms with Crippen LogP contribution >= 0.6 is 11.6 Å². The number of rotatable bonds is 6. The van der Waals surface area contributed by atoms with E-state index >= 15 is 0 Å². The fraction of sp³-hybridized carbons (Fsp3) is 0.238. The molecule has 6 nitrogen and oxygen atoms in total. The Morgan fingerprint density at radius 1 is 1.21 bits per heavy atom. The summed E-state index contributed by atoms with van der Waals surface area (Å²) in [6.45, 7) is 1.66. The predicted octanol–water partition coefficient (Wildman–Crippen LogP) is 4.07. The number of likely N-dealkylation sites (N-methyl/N-ethyl adjacent to an activating group) is 1. The number of hydrogen-bond acceptors (Lipinski definition) is 4. The summed E-state index contributed by atoms with van der Waals surface area (Å²) in [5, 5.41) is 3.05. The number of amides is 2. The molecule has 1 heterocycles. The SMILES string of the molecule is CCOC(=O)C1=C(COc2ccccc2Cl)N(C)C(=O)NC1c1ccccc1F. The summed E-state index contributed by atoms with van der Waals surface area (Å²) in [5.74, 6) is -0.812. The van der Waals surface area contributed by atoms with Crippen LogP contribution in [0.5, 0.6) is 5.75 Å². The molecule has 1 aliphatic rings. The summed E-state index contributed by atoms with van der Waals surface area (Å²) in [6, 6.07) is 11.3. The van der Waals surface area contributed by atoms with Gasteiger partial charge in [-0.1, -0.05) is 41.9 Å². The highest BCUT2D eigenvalue weighted by atomic mass is 35.5. The van der Waals surface area contributed by atoms with Gasteiger partial charge in [-0.05, 0) is 25.1 Å². The zero-order valence-corrected chi connectivity index (χ0v) is 16.7. The topological polar surface area (TPSA) is 67.9 Å². The smallest absolute Gasteiger partial charge is 0.338 e. The summed E-state index contributed by atoms with van der Waals surface area (Å²) >= 11 is 6.13. The zero-order valence-electron chi connectivity index (χ0n) is 15.9. The van der Waals surface area contributed by atoms with Crippen LogP contribution in [0.4, 0.5) is 9.18 Å². The second kappa shape index (κ2) is 8.96. The van der Waals surface area contributed by atoms with Crippen molar-refractivity contribution in [1.29, 1.82) is 0 Å². The number of nitrogens with zero attached hydrogens (tertiary/aromatic N) is 1. The molecule has 0 fully saturated rings. The van der Waals surface area contributed by atoms with E-state index in [1.807, 2.05) is 0 Å². The van der Waals surface area contributed by atoms with Crippen molar-refractivity contribution >= 4 is 23.6 Å². The molecule has 0 radical (unpaired) electrons. The van der Waals surface area contributed by atoms with Crippen molar-refractivity contribution in [3.63, 3.8) is 0 Å². The highest BCUT2D eigenvalue weighted by Crippen LogP contribution is 2.33. The van der Waals surface area contributed by atoms with E-state index in [1.165, 1.54) is 30.1 Å². The molecule has 1 unspecified atom stereocenters. The number of carbonyl (C=O) groups excluding carboxylic acids is 2. The van der Waals surface area contributed by atoms with Crippen LogP contribution in [0.2, 0.25) is 5.02 Å². The van der Waals surface area contributed by atoms with Crippen molar-refractivity contribution in [3.8, 4) is 5.75 Å². The Bertz CT molecular complexity index is 963. The fourth-order valence-electron chi connectivity index (χ4n) is 3.03. The van der Waals surface area contributed by atoms with E-state index < -0.39 is 23.9 Å². The molecular formula is C21H20ClFN2O4. The first kappa shape index (κ1) is 20.7. The van der Waals surface area contributed by atoms with E-state index in [0.717, 1.165) is 0 Å². The molecule has 29 heavy (non-hydrogen) atoms. The van der Waals surface area contributed by atoms with Gasteiger partial charge in [0.2, 0.25) is 0 Å². The van der Waals surface area contributed by atoms with Crippen molar-refractivity contribution in [2.45, 2.75) is 13.0 Å². The molecule has 2 aromatic rings. The highest BCUT2D eigenvalue weighted by Gasteiger charge is 2.38. The van der Waals surface area contributed by atoms with E-state index in [4.69, 9.17) is 21.1 Å². The molecule has 1 atom stereocenters. The lowest BCUT2D eigenvalue weighted by Gasteiger charge is -2.34. The number of para-hydroxylation sites is 1. The van der Waals surface area contributed by atoms with Gasteiger partial charge >= 0.3 is 12.0 Å². The molecule has 2 amide bonds. The molecule has 1 aliphatic heterocycles. The lowest BCUT2D eigenvalue weighted by atomic mass is 9.94. The number of hydrogen-bond donors (Lipinski definition) is 1. The third-order valence-corrected chi connectivity index (χ3v) is 4.80. The molecular weight excluding hydrogens is 399 g/mol. The van der Waals surface area contributed by atoms with E-state index in [9.17, 15) is 14.0 Å². The van der Waals surface area contributed by atoms with Crippen molar-refractivity contribution in [3.05, 3.63) is 76.2 Å². The van der Waals surface area contributed by atoms with Crippen LogP contribution in [0.3, 0.4) is 0 Å². The Morgan fingerprint density at radius 2 is 1.90 bits per heavy atom. The number of carbonyl (C=O) groups is 2. The van der Waals surface area contributed by atoms with Crippen molar-refractivity contribution in [2.24, 2.45) is 0 Å². The van der Waals surface area contributed by atoms with Gasteiger partial charge in [-0.2, -0.15) is 0 Å². The van der Waals surface area contributed by atoms with Crippen molar-refractivity contribution < 1.29 is 23.5 Å². The summed E-state index contributed by atoms with van der Waals surface area (Å²) in [7, 11) is 1.50. The van der Waals surface area contributed by atoms with E-state index in [2.05, 4.69) is 5.32 Å². The predicted molar refractivity (Wildman–Crippen MR) is 106 cm³/mol. The normalized spacial score (nSPS) is 16.5. The molecule has 0 spiro atoms. The number of esters is 1. The molecule has 2 aromatic carbocycles. The first-order chi connectivity index (χ1) is 13.9. The molecule has 8 heteroatoms. The van der Waals surface area contributed by atoms with Gasteiger partial charge in [0.05, 0.1) is 28.9 Å². The Labute approximate surface area is 172 Å². The van der Waals surface area contributed by atoms with Gasteiger partial charge in [0.1, 0.15) is 18.2 Å². The third-order valence-electron chi connectivity index (χ3n) is 4.49. The summed E-state index contributed by atoms with van der Waals surface area (Å²) in [6.07, 6.45) is 0. The Morgan fingerprint density at radius 3 is 2.59 bits per heavy atom. The second-order valence-corrected chi connectivity index (χ2v) is 6.67.